The molecule has 2 aromatic carbocycles. The molecule has 4 rings (SSSR count). The summed E-state index contributed by atoms with van der Waals surface area (Å²) in [5.41, 5.74) is -1.23. The minimum Gasteiger partial charge on any atom is -0.490 e. The highest BCUT2D eigenvalue weighted by molar-refractivity contribution is 5.84. The molecule has 3 N–H and O–H groups in total. The lowest BCUT2D eigenvalue weighted by molar-refractivity contribution is 0.0636. The Morgan fingerprint density at radius 1 is 0.750 bits per heavy atom. The van der Waals surface area contributed by atoms with Crippen molar-refractivity contribution in [2.24, 2.45) is 0 Å². The zero-order chi connectivity index (χ0) is 25.8. The van der Waals surface area contributed by atoms with Crippen LogP contribution in [0.3, 0.4) is 0 Å². The average molecular weight is 500 g/mol. The van der Waals surface area contributed by atoms with E-state index >= 15 is 0 Å². The molecule has 0 bridgehead atoms. The molecule has 13 nitrogen and oxygen atoms in total. The van der Waals surface area contributed by atoms with E-state index in [2.05, 4.69) is 9.47 Å². The third-order valence-corrected chi connectivity index (χ3v) is 4.63. The predicted molar refractivity (Wildman–Crippen MR) is 119 cm³/mol. The van der Waals surface area contributed by atoms with Crippen molar-refractivity contribution < 1.29 is 52.7 Å². The molecule has 0 unspecified atom stereocenters. The van der Waals surface area contributed by atoms with Gasteiger partial charge < -0.3 is 43.1 Å². The first-order valence-corrected chi connectivity index (χ1v) is 10.1. The van der Waals surface area contributed by atoms with Gasteiger partial charge in [-0.25, -0.2) is 9.59 Å². The van der Waals surface area contributed by atoms with Crippen molar-refractivity contribution in [3.8, 4) is 23.4 Å². The van der Waals surface area contributed by atoms with Crippen molar-refractivity contribution in [2.45, 2.75) is 6.10 Å². The molecule has 2 aromatic heterocycles. The first-order valence-electron chi connectivity index (χ1n) is 10.1. The summed E-state index contributed by atoms with van der Waals surface area (Å²) in [6, 6.07) is 10.4. The number of rotatable bonds is 8. The summed E-state index contributed by atoms with van der Waals surface area (Å²) in [6.45, 7) is -0.635. The summed E-state index contributed by atoms with van der Waals surface area (Å²) in [5.74, 6) is -0.878. The molecule has 0 fully saturated rings. The van der Waals surface area contributed by atoms with Crippen LogP contribution in [0.1, 0.15) is 0 Å². The lowest BCUT2D eigenvalue weighted by atomic mass is 10.2. The topological polar surface area (TPSA) is 192 Å². The second-order valence-electron chi connectivity index (χ2n) is 7.13. The van der Waals surface area contributed by atoms with Crippen molar-refractivity contribution in [1.82, 2.24) is 0 Å². The maximum absolute atomic E-state index is 12.4. The van der Waals surface area contributed by atoms with E-state index in [9.17, 15) is 24.3 Å². The quantitative estimate of drug-likeness (QED) is 0.299. The molecule has 0 radical (unpaired) electrons. The highest BCUT2D eigenvalue weighted by Gasteiger charge is 2.17. The van der Waals surface area contributed by atoms with E-state index < -0.39 is 41.2 Å². The smallest absolute Gasteiger partial charge is 0.490 e. The first kappa shape index (κ1) is 24.1. The van der Waals surface area contributed by atoms with E-state index in [-0.39, 0.29) is 46.7 Å². The minimum absolute atomic E-state index is 0.00871. The van der Waals surface area contributed by atoms with Crippen LogP contribution in [0.4, 0.5) is 9.59 Å². The summed E-state index contributed by atoms with van der Waals surface area (Å²) in [7, 11) is 0. The van der Waals surface area contributed by atoms with Crippen LogP contribution in [-0.4, -0.2) is 46.9 Å². The van der Waals surface area contributed by atoms with E-state index in [0.717, 1.165) is 12.1 Å². The van der Waals surface area contributed by atoms with Gasteiger partial charge in [0, 0.05) is 0 Å². The number of ether oxygens (including phenoxy) is 4. The van der Waals surface area contributed by atoms with Gasteiger partial charge >= 0.3 is 12.3 Å². The van der Waals surface area contributed by atoms with Gasteiger partial charge in [-0.15, -0.1) is 0 Å². The van der Waals surface area contributed by atoms with Gasteiger partial charge in [-0.3, -0.25) is 9.59 Å². The lowest BCUT2D eigenvalue weighted by Gasteiger charge is -2.15. The second kappa shape index (κ2) is 10.1. The normalized spacial score (nSPS) is 10.9. The summed E-state index contributed by atoms with van der Waals surface area (Å²) < 4.78 is 30.3. The Kier molecular flexibility index (Phi) is 6.74. The third kappa shape index (κ3) is 5.37. The molecular formula is C23H16O13. The molecule has 0 atom stereocenters. The zero-order valence-corrected chi connectivity index (χ0v) is 18.0. The van der Waals surface area contributed by atoms with Crippen LogP contribution in [0, 0.1) is 0 Å². The van der Waals surface area contributed by atoms with Gasteiger partial charge in [0.05, 0.1) is 12.1 Å². The van der Waals surface area contributed by atoms with Gasteiger partial charge in [0.15, 0.2) is 10.9 Å². The highest BCUT2D eigenvalue weighted by Crippen LogP contribution is 2.27. The maximum atomic E-state index is 12.4. The van der Waals surface area contributed by atoms with Crippen LogP contribution in [-0.2, 0) is 0 Å². The Balaban J connectivity index is 1.46. The second-order valence-corrected chi connectivity index (χ2v) is 7.13. The predicted octanol–water partition coefficient (Wildman–Crippen LogP) is 2.83. The highest BCUT2D eigenvalue weighted by atomic mass is 16.7. The van der Waals surface area contributed by atoms with Crippen molar-refractivity contribution in [3.05, 3.63) is 69.0 Å². The van der Waals surface area contributed by atoms with E-state index in [1.54, 1.807) is 0 Å². The van der Waals surface area contributed by atoms with Crippen LogP contribution >= 0.6 is 0 Å². The first-order chi connectivity index (χ1) is 17.2. The standard InChI is InChI=1S/C23H16O13/c24-11(9-31-14-3-1-5-16-20(14)12(25)7-18(33-16)35-22(27)28)10-32-15-4-2-6-17-21(15)13(26)8-19(34-17)36-23(29)30/h1-8,11,24H,9-10H2,(H,27,28)(H,29,30). The Bertz CT molecular complexity index is 1450. The summed E-state index contributed by atoms with van der Waals surface area (Å²) in [6.07, 6.45) is -4.50. The van der Waals surface area contributed by atoms with Gasteiger partial charge in [-0.1, -0.05) is 12.1 Å². The SMILES string of the molecule is O=C(O)Oc1cc(=O)c2c(OCC(O)COc3cccc4oc(OC(=O)O)cc(=O)c34)cccc2o1. The fraction of sp³-hybridized carbons (Fsp3) is 0.130. The van der Waals surface area contributed by atoms with Gasteiger partial charge in [0.2, 0.25) is 0 Å². The van der Waals surface area contributed by atoms with Crippen LogP contribution in [0.5, 0.6) is 23.4 Å². The van der Waals surface area contributed by atoms with E-state index in [0.29, 0.717) is 0 Å². The monoisotopic (exact) mass is 500 g/mol. The fourth-order valence-electron chi connectivity index (χ4n) is 3.25. The number of carboxylic acid groups (broad SMARTS) is 2. The molecule has 0 aliphatic carbocycles. The molecule has 0 aliphatic heterocycles. The van der Waals surface area contributed by atoms with E-state index in [1.807, 2.05) is 0 Å². The Morgan fingerprint density at radius 3 is 1.56 bits per heavy atom. The third-order valence-electron chi connectivity index (χ3n) is 4.63. The molecule has 2 heterocycles. The van der Waals surface area contributed by atoms with Crippen LogP contribution < -0.4 is 29.8 Å². The Labute approximate surface area is 199 Å². The summed E-state index contributed by atoms with van der Waals surface area (Å²) >= 11 is 0. The maximum Gasteiger partial charge on any atom is 0.513 e. The van der Waals surface area contributed by atoms with Crippen molar-refractivity contribution >= 4 is 34.2 Å². The lowest BCUT2D eigenvalue weighted by Crippen LogP contribution is -2.25. The minimum atomic E-state index is -1.65. The number of aliphatic hydroxyl groups is 1. The number of hydrogen-bond acceptors (Lipinski definition) is 11. The molecule has 0 amide bonds. The number of hydrogen-bond donors (Lipinski definition) is 3. The fourth-order valence-corrected chi connectivity index (χ4v) is 3.25. The number of aliphatic hydroxyl groups excluding tert-OH is 1. The van der Waals surface area contributed by atoms with Gasteiger partial charge in [-0.2, -0.15) is 0 Å². The number of fused-ring (bicyclic) bond motifs is 2. The van der Waals surface area contributed by atoms with Crippen LogP contribution in [0.15, 0.2) is 67.0 Å². The molecule has 0 saturated heterocycles. The van der Waals surface area contributed by atoms with Crippen molar-refractivity contribution in [1.29, 1.82) is 0 Å². The molecule has 0 aliphatic rings. The molecule has 186 valence electrons. The Hall–Kier alpha value is -5.04. The largest absolute Gasteiger partial charge is 0.513 e. The molecule has 13 heteroatoms. The number of carbonyl (C=O) groups is 2. The van der Waals surface area contributed by atoms with E-state index in [1.165, 1.54) is 36.4 Å². The van der Waals surface area contributed by atoms with Gasteiger partial charge in [-0.05, 0) is 24.3 Å². The van der Waals surface area contributed by atoms with Crippen molar-refractivity contribution in [2.75, 3.05) is 13.2 Å². The van der Waals surface area contributed by atoms with E-state index in [4.69, 9.17) is 28.5 Å². The molecule has 0 spiro atoms. The summed E-state index contributed by atoms with van der Waals surface area (Å²) in [5, 5.41) is 27.7. The zero-order valence-electron chi connectivity index (χ0n) is 18.0. The number of benzene rings is 2. The summed E-state index contributed by atoms with van der Waals surface area (Å²) in [4.78, 5) is 46.2. The molecule has 4 aromatic rings. The molecule has 36 heavy (non-hydrogen) atoms. The van der Waals surface area contributed by atoms with Crippen LogP contribution in [0.25, 0.3) is 21.9 Å². The molecule has 0 saturated carbocycles. The average Bonchev–Trinajstić information content (AvgIpc) is 2.80. The van der Waals surface area contributed by atoms with Crippen LogP contribution in [0.2, 0.25) is 0 Å². The van der Waals surface area contributed by atoms with Crippen molar-refractivity contribution in [3.63, 3.8) is 0 Å². The molecular weight excluding hydrogens is 484 g/mol. The van der Waals surface area contributed by atoms with Gasteiger partial charge in [0.25, 0.3) is 11.9 Å². The van der Waals surface area contributed by atoms with Gasteiger partial charge in [0.1, 0.15) is 52.8 Å². The Morgan fingerprint density at radius 2 is 1.17 bits per heavy atom.